The van der Waals surface area contributed by atoms with Crippen LogP contribution in [0.25, 0.3) is 17.2 Å². The Morgan fingerprint density at radius 3 is 2.21 bits per heavy atom. The Bertz CT molecular complexity index is 918. The van der Waals surface area contributed by atoms with Gasteiger partial charge in [-0.15, -0.1) is 0 Å². The fraction of sp³-hybridized carbons (Fsp3) is 0.125. The van der Waals surface area contributed by atoms with E-state index in [0.717, 1.165) is 11.1 Å². The summed E-state index contributed by atoms with van der Waals surface area (Å²) >= 11 is 0. The zero-order valence-electron chi connectivity index (χ0n) is 15.8. The van der Waals surface area contributed by atoms with Crippen molar-refractivity contribution >= 4 is 12.0 Å². The minimum absolute atomic E-state index is 0.157. The van der Waals surface area contributed by atoms with Crippen molar-refractivity contribution in [2.75, 3.05) is 20.3 Å². The first-order chi connectivity index (χ1) is 13.8. The number of rotatable bonds is 8. The fourth-order valence-electron chi connectivity index (χ4n) is 2.72. The lowest BCUT2D eigenvalue weighted by Gasteiger charge is -2.10. The number of para-hydroxylation sites is 2. The summed E-state index contributed by atoms with van der Waals surface area (Å²) in [6.07, 6.45) is 3.33. The van der Waals surface area contributed by atoms with Crippen molar-refractivity contribution < 1.29 is 14.3 Å². The summed E-state index contributed by atoms with van der Waals surface area (Å²) < 4.78 is 10.9. The average molecular weight is 373 g/mol. The van der Waals surface area contributed by atoms with E-state index in [4.69, 9.17) is 9.47 Å². The van der Waals surface area contributed by atoms with Crippen LogP contribution in [0.3, 0.4) is 0 Å². The number of nitrogens with one attached hydrogen (secondary N) is 1. The Morgan fingerprint density at radius 1 is 0.857 bits per heavy atom. The molecular formula is C24H23NO3. The molecule has 1 N–H and O–H groups in total. The van der Waals surface area contributed by atoms with Crippen LogP contribution in [0, 0.1) is 0 Å². The first-order valence-corrected chi connectivity index (χ1v) is 9.13. The number of benzene rings is 3. The van der Waals surface area contributed by atoms with Crippen molar-refractivity contribution in [1.29, 1.82) is 0 Å². The third kappa shape index (κ3) is 5.48. The highest BCUT2D eigenvalue weighted by atomic mass is 16.5. The van der Waals surface area contributed by atoms with Crippen molar-refractivity contribution in [3.8, 4) is 22.6 Å². The standard InChI is InChI=1S/C24H23NO3/c1-27-22-9-5-6-10-23(22)28-18-17-25-24(26)16-13-19-11-14-21(15-12-19)20-7-3-2-4-8-20/h2-16H,17-18H2,1H3,(H,25,26). The second-order valence-corrected chi connectivity index (χ2v) is 6.11. The Morgan fingerprint density at radius 2 is 1.50 bits per heavy atom. The van der Waals surface area contributed by atoms with Gasteiger partial charge < -0.3 is 14.8 Å². The second kappa shape index (κ2) is 9.97. The third-order valence-corrected chi connectivity index (χ3v) is 4.17. The molecule has 0 radical (unpaired) electrons. The molecule has 4 heteroatoms. The predicted octanol–water partition coefficient (Wildman–Crippen LogP) is 4.57. The maximum atomic E-state index is 12.0. The Labute approximate surface area is 165 Å². The van der Waals surface area contributed by atoms with Gasteiger partial charge in [0.05, 0.1) is 13.7 Å². The Hall–Kier alpha value is -3.53. The van der Waals surface area contributed by atoms with E-state index in [1.165, 1.54) is 11.6 Å². The smallest absolute Gasteiger partial charge is 0.244 e. The molecule has 0 aromatic heterocycles. The molecule has 3 aromatic rings. The minimum Gasteiger partial charge on any atom is -0.493 e. The Kier molecular flexibility index (Phi) is 6.85. The molecule has 0 aliphatic heterocycles. The molecule has 0 bridgehead atoms. The summed E-state index contributed by atoms with van der Waals surface area (Å²) in [6.45, 7) is 0.778. The number of hydrogen-bond acceptors (Lipinski definition) is 3. The van der Waals surface area contributed by atoms with Gasteiger partial charge in [0.2, 0.25) is 5.91 Å². The lowest BCUT2D eigenvalue weighted by atomic mass is 10.0. The summed E-state index contributed by atoms with van der Waals surface area (Å²) in [6, 6.07) is 25.7. The molecule has 0 unspecified atom stereocenters. The summed E-state index contributed by atoms with van der Waals surface area (Å²) in [4.78, 5) is 12.0. The van der Waals surface area contributed by atoms with Crippen LogP contribution in [0.4, 0.5) is 0 Å². The molecule has 1 amide bonds. The normalized spacial score (nSPS) is 10.6. The number of ether oxygens (including phenoxy) is 2. The van der Waals surface area contributed by atoms with E-state index in [0.29, 0.717) is 24.7 Å². The Balaban J connectivity index is 1.45. The van der Waals surface area contributed by atoms with Crippen molar-refractivity contribution in [1.82, 2.24) is 5.32 Å². The van der Waals surface area contributed by atoms with Gasteiger partial charge in [0.25, 0.3) is 0 Å². The average Bonchev–Trinajstić information content (AvgIpc) is 2.76. The number of carbonyl (C=O) groups excluding carboxylic acids is 1. The van der Waals surface area contributed by atoms with Gasteiger partial charge in [0.15, 0.2) is 11.5 Å². The van der Waals surface area contributed by atoms with E-state index in [2.05, 4.69) is 17.4 Å². The van der Waals surface area contributed by atoms with E-state index < -0.39 is 0 Å². The topological polar surface area (TPSA) is 47.6 Å². The van der Waals surface area contributed by atoms with Crippen LogP contribution in [0.5, 0.6) is 11.5 Å². The third-order valence-electron chi connectivity index (χ3n) is 4.17. The first-order valence-electron chi connectivity index (χ1n) is 9.13. The fourth-order valence-corrected chi connectivity index (χ4v) is 2.72. The molecule has 0 saturated heterocycles. The van der Waals surface area contributed by atoms with E-state index >= 15 is 0 Å². The zero-order chi connectivity index (χ0) is 19.6. The van der Waals surface area contributed by atoms with Gasteiger partial charge >= 0.3 is 0 Å². The largest absolute Gasteiger partial charge is 0.493 e. The molecule has 0 aliphatic rings. The van der Waals surface area contributed by atoms with Crippen LogP contribution in [-0.2, 0) is 4.79 Å². The predicted molar refractivity (Wildman–Crippen MR) is 112 cm³/mol. The van der Waals surface area contributed by atoms with Gasteiger partial charge in [-0.3, -0.25) is 4.79 Å². The molecule has 3 rings (SSSR count). The van der Waals surface area contributed by atoms with Crippen LogP contribution in [-0.4, -0.2) is 26.2 Å². The molecule has 0 aliphatic carbocycles. The highest BCUT2D eigenvalue weighted by Crippen LogP contribution is 2.25. The van der Waals surface area contributed by atoms with E-state index in [-0.39, 0.29) is 5.91 Å². The van der Waals surface area contributed by atoms with Gasteiger partial charge in [0.1, 0.15) is 6.61 Å². The van der Waals surface area contributed by atoms with Crippen molar-refractivity contribution in [2.24, 2.45) is 0 Å². The minimum atomic E-state index is -0.157. The monoisotopic (exact) mass is 373 g/mol. The van der Waals surface area contributed by atoms with Crippen LogP contribution in [0.15, 0.2) is 84.9 Å². The van der Waals surface area contributed by atoms with Gasteiger partial charge in [-0.1, -0.05) is 66.7 Å². The van der Waals surface area contributed by atoms with Crippen LogP contribution in [0.1, 0.15) is 5.56 Å². The van der Waals surface area contributed by atoms with Crippen LogP contribution < -0.4 is 14.8 Å². The molecule has 142 valence electrons. The zero-order valence-corrected chi connectivity index (χ0v) is 15.8. The highest BCUT2D eigenvalue weighted by Gasteiger charge is 2.02. The molecule has 28 heavy (non-hydrogen) atoms. The van der Waals surface area contributed by atoms with Gasteiger partial charge in [-0.2, -0.15) is 0 Å². The van der Waals surface area contributed by atoms with Crippen molar-refractivity contribution in [3.05, 3.63) is 90.5 Å². The summed E-state index contributed by atoms with van der Waals surface area (Å²) in [7, 11) is 1.60. The summed E-state index contributed by atoms with van der Waals surface area (Å²) in [5, 5.41) is 2.81. The van der Waals surface area contributed by atoms with Crippen LogP contribution >= 0.6 is 0 Å². The maximum Gasteiger partial charge on any atom is 0.244 e. The summed E-state index contributed by atoms with van der Waals surface area (Å²) in [5.41, 5.74) is 3.29. The quantitative estimate of drug-likeness (QED) is 0.465. The molecule has 0 heterocycles. The highest BCUT2D eigenvalue weighted by molar-refractivity contribution is 5.91. The van der Waals surface area contributed by atoms with E-state index in [1.807, 2.05) is 66.7 Å². The number of carbonyl (C=O) groups is 1. The SMILES string of the molecule is COc1ccccc1OCCNC(=O)C=Cc1ccc(-c2ccccc2)cc1. The van der Waals surface area contributed by atoms with Crippen molar-refractivity contribution in [2.45, 2.75) is 0 Å². The lowest BCUT2D eigenvalue weighted by molar-refractivity contribution is -0.116. The molecule has 0 saturated carbocycles. The lowest BCUT2D eigenvalue weighted by Crippen LogP contribution is -2.26. The first kappa shape index (κ1) is 19.2. The van der Waals surface area contributed by atoms with Gasteiger partial charge in [-0.05, 0) is 34.9 Å². The van der Waals surface area contributed by atoms with E-state index in [1.54, 1.807) is 13.2 Å². The summed E-state index contributed by atoms with van der Waals surface area (Å²) in [5.74, 6) is 1.18. The molecule has 0 fully saturated rings. The van der Waals surface area contributed by atoms with Crippen LogP contribution in [0.2, 0.25) is 0 Å². The number of methoxy groups -OCH3 is 1. The maximum absolute atomic E-state index is 12.0. The van der Waals surface area contributed by atoms with E-state index in [9.17, 15) is 4.79 Å². The number of hydrogen-bond donors (Lipinski definition) is 1. The van der Waals surface area contributed by atoms with Crippen molar-refractivity contribution in [3.63, 3.8) is 0 Å². The molecular weight excluding hydrogens is 350 g/mol. The second-order valence-electron chi connectivity index (χ2n) is 6.11. The molecule has 0 atom stereocenters. The molecule has 4 nitrogen and oxygen atoms in total. The number of amides is 1. The molecule has 0 spiro atoms. The molecule has 3 aromatic carbocycles. The van der Waals surface area contributed by atoms with Gasteiger partial charge in [0, 0.05) is 6.08 Å². The van der Waals surface area contributed by atoms with Gasteiger partial charge in [-0.25, -0.2) is 0 Å².